The Morgan fingerprint density at radius 2 is 0.785 bits per heavy atom. The monoisotopic (exact) mass is 1130 g/mol. The normalized spacial score (nSPS) is 14.1. The van der Waals surface area contributed by atoms with Gasteiger partial charge < -0.3 is 28.5 Å². The number of nitrogens with zero attached hydrogens (tertiary/aromatic N) is 1. The molecule has 0 aliphatic heterocycles. The van der Waals surface area contributed by atoms with Gasteiger partial charge in [-0.1, -0.05) is 267 Å². The number of likely N-dealkylation sites (N-methyl/N-ethyl adjacent to an activating group) is 1. The first-order valence-corrected chi connectivity index (χ1v) is 34.7. The molecule has 0 saturated heterocycles. The number of esters is 1. The van der Waals surface area contributed by atoms with Crippen LogP contribution in [0.4, 0.5) is 0 Å². The quantitative estimate of drug-likeness (QED) is 0.0212. The first kappa shape index (κ1) is 76.5. The number of phosphoric ester groups is 1. The minimum atomic E-state index is -4.71. The number of quaternary nitrogens is 1. The second-order valence-corrected chi connectivity index (χ2v) is 25.0. The molecule has 3 unspecified atom stereocenters. The van der Waals surface area contributed by atoms with E-state index in [1.807, 2.05) is 33.3 Å². The maximum absolute atomic E-state index is 13.5. The molecular weight excluding hydrogens is 1000 g/mol. The number of unbranched alkanes of at least 4 members (excludes halogenated alkanes) is 34. The van der Waals surface area contributed by atoms with Crippen molar-refractivity contribution in [3.63, 3.8) is 0 Å². The first-order valence-electron chi connectivity index (χ1n) is 33.2. The van der Waals surface area contributed by atoms with Crippen molar-refractivity contribution < 1.29 is 37.3 Å². The van der Waals surface area contributed by atoms with Crippen LogP contribution in [0, 0.1) is 0 Å². The van der Waals surface area contributed by atoms with Gasteiger partial charge in [-0.05, 0) is 96.0 Å². The predicted molar refractivity (Wildman–Crippen MR) is 339 cm³/mol. The molecule has 0 aliphatic carbocycles. The predicted octanol–water partition coefficient (Wildman–Crippen LogP) is 20.2. The summed E-state index contributed by atoms with van der Waals surface area (Å²) in [5.74, 6) is -0.601. The first-order chi connectivity index (χ1) is 38.4. The van der Waals surface area contributed by atoms with Gasteiger partial charge in [0.15, 0.2) is 0 Å². The van der Waals surface area contributed by atoms with Gasteiger partial charge in [0.25, 0.3) is 7.82 Å². The third-order valence-electron chi connectivity index (χ3n) is 14.6. The fourth-order valence-corrected chi connectivity index (χ4v) is 10.2. The molecule has 1 amide bonds. The van der Waals surface area contributed by atoms with E-state index in [1.165, 1.54) is 199 Å². The molecule has 10 heteroatoms. The van der Waals surface area contributed by atoms with Crippen LogP contribution in [0.3, 0.4) is 0 Å². The molecule has 0 saturated carbocycles. The zero-order chi connectivity index (χ0) is 57.9. The van der Waals surface area contributed by atoms with E-state index in [9.17, 15) is 19.0 Å². The molecule has 460 valence electrons. The van der Waals surface area contributed by atoms with Gasteiger partial charge >= 0.3 is 5.97 Å². The minimum Gasteiger partial charge on any atom is -0.756 e. The van der Waals surface area contributed by atoms with Crippen molar-refractivity contribution in [2.24, 2.45) is 0 Å². The van der Waals surface area contributed by atoms with Crippen molar-refractivity contribution >= 4 is 19.7 Å². The summed E-state index contributed by atoms with van der Waals surface area (Å²) >= 11 is 0. The van der Waals surface area contributed by atoms with Crippen LogP contribution in [0.25, 0.3) is 0 Å². The summed E-state index contributed by atoms with van der Waals surface area (Å²) in [5, 5.41) is 3.00. The van der Waals surface area contributed by atoms with E-state index in [1.54, 1.807) is 0 Å². The summed E-state index contributed by atoms with van der Waals surface area (Å²) < 4.78 is 30.3. The summed E-state index contributed by atoms with van der Waals surface area (Å²) in [6, 6.07) is -0.918. The van der Waals surface area contributed by atoms with Crippen LogP contribution in [0.15, 0.2) is 72.9 Å². The van der Waals surface area contributed by atoms with Crippen LogP contribution in [0.5, 0.6) is 0 Å². The second-order valence-electron chi connectivity index (χ2n) is 23.6. The highest BCUT2D eigenvalue weighted by Crippen LogP contribution is 2.38. The molecule has 0 spiro atoms. The van der Waals surface area contributed by atoms with Crippen molar-refractivity contribution in [2.75, 3.05) is 40.9 Å². The Balaban J connectivity index is 5.12. The minimum absolute atomic E-state index is 0.0336. The lowest BCUT2D eigenvalue weighted by Crippen LogP contribution is -2.47. The van der Waals surface area contributed by atoms with Gasteiger partial charge in [0.05, 0.1) is 33.8 Å². The Labute approximate surface area is 489 Å². The van der Waals surface area contributed by atoms with Crippen LogP contribution >= 0.6 is 7.82 Å². The van der Waals surface area contributed by atoms with Crippen LogP contribution in [-0.2, 0) is 27.9 Å². The van der Waals surface area contributed by atoms with E-state index in [0.29, 0.717) is 17.4 Å². The Kier molecular flexibility index (Phi) is 56.7. The summed E-state index contributed by atoms with van der Waals surface area (Å²) in [4.78, 5) is 40.0. The molecule has 9 nitrogen and oxygen atoms in total. The summed E-state index contributed by atoms with van der Waals surface area (Å²) in [7, 11) is 1.15. The highest BCUT2D eigenvalue weighted by molar-refractivity contribution is 7.45. The van der Waals surface area contributed by atoms with Crippen LogP contribution in [0.2, 0.25) is 0 Å². The summed E-state index contributed by atoms with van der Waals surface area (Å²) in [6.07, 6.45) is 76.1. The summed E-state index contributed by atoms with van der Waals surface area (Å²) in [5.41, 5.74) is 0. The number of amides is 1. The van der Waals surface area contributed by atoms with Crippen molar-refractivity contribution in [2.45, 2.75) is 315 Å². The molecular formula is C69H127N2O7P. The van der Waals surface area contributed by atoms with Gasteiger partial charge in [-0.2, -0.15) is 0 Å². The summed E-state index contributed by atoms with van der Waals surface area (Å²) in [6.45, 7) is 6.78. The Morgan fingerprint density at radius 3 is 1.22 bits per heavy atom. The molecule has 79 heavy (non-hydrogen) atoms. The molecule has 0 aliphatic rings. The van der Waals surface area contributed by atoms with Crippen LogP contribution < -0.4 is 10.2 Å². The molecule has 0 fully saturated rings. The fourth-order valence-electron chi connectivity index (χ4n) is 9.45. The van der Waals surface area contributed by atoms with E-state index in [4.69, 9.17) is 13.8 Å². The molecule has 0 aromatic heterocycles. The van der Waals surface area contributed by atoms with Crippen LogP contribution in [0.1, 0.15) is 303 Å². The van der Waals surface area contributed by atoms with Gasteiger partial charge in [-0.25, -0.2) is 0 Å². The highest BCUT2D eigenvalue weighted by atomic mass is 31.2. The number of hydrogen-bond donors (Lipinski definition) is 1. The molecule has 0 aromatic rings. The number of carbonyl (C=O) groups is 2. The van der Waals surface area contributed by atoms with Crippen molar-refractivity contribution in [1.82, 2.24) is 5.32 Å². The molecule has 3 atom stereocenters. The smallest absolute Gasteiger partial charge is 0.306 e. The van der Waals surface area contributed by atoms with Crippen molar-refractivity contribution in [1.29, 1.82) is 0 Å². The van der Waals surface area contributed by atoms with Crippen LogP contribution in [-0.4, -0.2) is 69.4 Å². The number of rotatable bonds is 60. The molecule has 0 bridgehead atoms. The third-order valence-corrected chi connectivity index (χ3v) is 15.6. The van der Waals surface area contributed by atoms with Gasteiger partial charge in [-0.3, -0.25) is 14.2 Å². The van der Waals surface area contributed by atoms with E-state index >= 15 is 0 Å². The molecule has 0 rings (SSSR count). The Morgan fingerprint density at radius 1 is 0.443 bits per heavy atom. The van der Waals surface area contributed by atoms with Crippen molar-refractivity contribution in [3.8, 4) is 0 Å². The average molecular weight is 1130 g/mol. The fraction of sp³-hybridized carbons (Fsp3) is 0.797. The molecule has 0 radical (unpaired) electrons. The number of nitrogens with one attached hydrogen (secondary N) is 1. The van der Waals surface area contributed by atoms with Gasteiger partial charge in [0.2, 0.25) is 5.91 Å². The van der Waals surface area contributed by atoms with E-state index in [0.717, 1.165) is 64.2 Å². The van der Waals surface area contributed by atoms with Gasteiger partial charge in [0.1, 0.15) is 19.3 Å². The lowest BCUT2D eigenvalue weighted by Gasteiger charge is -2.30. The van der Waals surface area contributed by atoms with Gasteiger partial charge in [-0.15, -0.1) is 0 Å². The number of allylic oxidation sites excluding steroid dienone is 11. The molecule has 0 heterocycles. The zero-order valence-corrected chi connectivity index (χ0v) is 53.5. The zero-order valence-electron chi connectivity index (χ0n) is 52.6. The maximum Gasteiger partial charge on any atom is 0.306 e. The maximum atomic E-state index is 13.5. The topological polar surface area (TPSA) is 114 Å². The Bertz CT molecular complexity index is 1580. The van der Waals surface area contributed by atoms with Crippen molar-refractivity contribution in [3.05, 3.63) is 72.9 Å². The van der Waals surface area contributed by atoms with E-state index in [-0.39, 0.29) is 31.3 Å². The second kappa shape index (κ2) is 58.6. The SMILES string of the molecule is CCCCC/C=C\C/C=C\C/C=C\C/C=C\CCCC(=O)NC(COP(=O)([O-])OCC[N+](C)(C)C)C(/C=C\CCCCCCCCCCC)OC(=O)CCCCCCCCCCCCCCCCC/C=C/CCCCCCCC. The lowest BCUT2D eigenvalue weighted by atomic mass is 10.0. The largest absolute Gasteiger partial charge is 0.756 e. The van der Waals surface area contributed by atoms with Gasteiger partial charge in [0, 0.05) is 12.8 Å². The number of phosphoric acid groups is 1. The standard InChI is InChI=1S/C69H127N2O7P/c1-7-10-13-16-19-22-25-27-29-31-32-33-34-35-36-37-38-40-42-44-47-50-53-56-59-62-69(73)78-67(60-57-54-51-48-45-24-21-18-15-12-9-3)66(65-77-79(74,75)76-64-63-71(4,5)6)70-68(72)61-58-55-52-49-46-43-41-39-30-28-26-23-20-17-14-11-8-2/h20,23,27-30,41,43,49,52,57,60,66-67H,7-19,21-22,24-26,31-40,42,44-48,50-51,53-56,58-59,61-65H2,1-6H3,(H-,70,72,74,75)/b23-20-,29-27+,30-28-,43-41-,52-49-,60-57-. The average Bonchev–Trinajstić information content (AvgIpc) is 3.41. The van der Waals surface area contributed by atoms with E-state index < -0.39 is 26.6 Å². The highest BCUT2D eigenvalue weighted by Gasteiger charge is 2.27. The number of carbonyl (C=O) groups excluding carboxylic acids is 2. The third kappa shape index (κ3) is 59.9. The lowest BCUT2D eigenvalue weighted by molar-refractivity contribution is -0.870. The molecule has 1 N–H and O–H groups in total. The van der Waals surface area contributed by atoms with E-state index in [2.05, 4.69) is 86.8 Å². The number of hydrogen-bond acceptors (Lipinski definition) is 7. The Hall–Kier alpha value is -2.55. The molecule has 0 aromatic carbocycles. The number of ether oxygens (including phenoxy) is 1.